The van der Waals surface area contributed by atoms with Crippen molar-refractivity contribution in [2.24, 2.45) is 0 Å². The van der Waals surface area contributed by atoms with E-state index in [1.165, 1.54) is 13.8 Å². The third-order valence-electron chi connectivity index (χ3n) is 2.72. The molecule has 0 spiro atoms. The maximum atomic E-state index is 13.2. The number of halogens is 5. The van der Waals surface area contributed by atoms with E-state index < -0.39 is 29.3 Å². The summed E-state index contributed by atoms with van der Waals surface area (Å²) in [5.74, 6) is -5.84. The van der Waals surface area contributed by atoms with Crippen LogP contribution in [-0.4, -0.2) is 17.8 Å². The standard InChI is InChI=1S/C12H10F5NO2/c1-10(2)18-9(19)7-5-6(3-4-8(7)20-10)11(13,14)12(15,16)17/h3-5H,1-2H3,(H,18,19). The van der Waals surface area contributed by atoms with Crippen LogP contribution in [0.1, 0.15) is 29.8 Å². The molecule has 1 aromatic rings. The van der Waals surface area contributed by atoms with Crippen molar-refractivity contribution in [3.63, 3.8) is 0 Å². The minimum absolute atomic E-state index is 0.0412. The summed E-state index contributed by atoms with van der Waals surface area (Å²) in [7, 11) is 0. The third-order valence-corrected chi connectivity index (χ3v) is 2.72. The van der Waals surface area contributed by atoms with Crippen LogP contribution < -0.4 is 10.1 Å². The van der Waals surface area contributed by atoms with E-state index in [0.717, 1.165) is 6.07 Å². The fourth-order valence-electron chi connectivity index (χ4n) is 1.80. The molecule has 0 saturated carbocycles. The molecule has 8 heteroatoms. The highest BCUT2D eigenvalue weighted by Crippen LogP contribution is 2.45. The quantitative estimate of drug-likeness (QED) is 0.808. The Hall–Kier alpha value is -1.86. The topological polar surface area (TPSA) is 38.3 Å². The highest BCUT2D eigenvalue weighted by atomic mass is 19.4. The fourth-order valence-corrected chi connectivity index (χ4v) is 1.80. The summed E-state index contributed by atoms with van der Waals surface area (Å²) in [6, 6.07) is 2.03. The van der Waals surface area contributed by atoms with Crippen molar-refractivity contribution in [1.82, 2.24) is 5.32 Å². The maximum absolute atomic E-state index is 13.2. The number of nitrogens with one attached hydrogen (secondary N) is 1. The summed E-state index contributed by atoms with van der Waals surface area (Å²) in [4.78, 5) is 11.7. The zero-order valence-electron chi connectivity index (χ0n) is 10.4. The number of amides is 1. The van der Waals surface area contributed by atoms with Gasteiger partial charge in [-0.3, -0.25) is 4.79 Å². The molecule has 1 aliphatic heterocycles. The molecule has 0 atom stereocenters. The molecule has 2 rings (SSSR count). The lowest BCUT2D eigenvalue weighted by molar-refractivity contribution is -0.289. The van der Waals surface area contributed by atoms with E-state index >= 15 is 0 Å². The predicted molar refractivity (Wildman–Crippen MR) is 58.6 cm³/mol. The van der Waals surface area contributed by atoms with E-state index in [0.29, 0.717) is 12.1 Å². The molecule has 1 heterocycles. The Bertz CT molecular complexity index is 565. The molecule has 0 aromatic heterocycles. The summed E-state index contributed by atoms with van der Waals surface area (Å²) >= 11 is 0. The van der Waals surface area contributed by atoms with Gasteiger partial charge >= 0.3 is 12.1 Å². The van der Waals surface area contributed by atoms with E-state index in [-0.39, 0.29) is 11.3 Å². The van der Waals surface area contributed by atoms with Gasteiger partial charge in [0.15, 0.2) is 5.72 Å². The van der Waals surface area contributed by atoms with Crippen LogP contribution in [0.5, 0.6) is 5.75 Å². The van der Waals surface area contributed by atoms with Crippen LogP contribution in [0.25, 0.3) is 0 Å². The summed E-state index contributed by atoms with van der Waals surface area (Å²) in [6.07, 6.45) is -5.73. The SMILES string of the molecule is CC1(C)NC(=O)c2cc(C(F)(F)C(F)(F)F)ccc2O1. The average molecular weight is 295 g/mol. The zero-order valence-corrected chi connectivity index (χ0v) is 10.4. The number of rotatable bonds is 1. The Morgan fingerprint density at radius 1 is 1.15 bits per heavy atom. The van der Waals surface area contributed by atoms with Gasteiger partial charge in [-0.25, -0.2) is 0 Å². The molecule has 1 aromatic carbocycles. The first-order valence-electron chi connectivity index (χ1n) is 5.55. The number of carbonyl (C=O) groups is 1. The van der Waals surface area contributed by atoms with Gasteiger partial charge < -0.3 is 10.1 Å². The first-order chi connectivity index (χ1) is 8.94. The molecule has 0 unspecified atom stereocenters. The van der Waals surface area contributed by atoms with Crippen LogP contribution in [0.3, 0.4) is 0 Å². The molecule has 3 nitrogen and oxygen atoms in total. The Morgan fingerprint density at radius 3 is 2.30 bits per heavy atom. The molecule has 20 heavy (non-hydrogen) atoms. The van der Waals surface area contributed by atoms with Crippen LogP contribution in [0.15, 0.2) is 18.2 Å². The van der Waals surface area contributed by atoms with Crippen LogP contribution in [-0.2, 0) is 5.92 Å². The lowest BCUT2D eigenvalue weighted by atomic mass is 10.0. The van der Waals surface area contributed by atoms with Crippen molar-refractivity contribution in [2.75, 3.05) is 0 Å². The Labute approximate surface area is 110 Å². The smallest absolute Gasteiger partial charge is 0.458 e. The average Bonchev–Trinajstić information content (AvgIpc) is 2.25. The summed E-state index contributed by atoms with van der Waals surface area (Å²) < 4.78 is 68.6. The van der Waals surface area contributed by atoms with Crippen molar-refractivity contribution in [3.05, 3.63) is 29.3 Å². The van der Waals surface area contributed by atoms with E-state index in [9.17, 15) is 26.7 Å². The van der Waals surface area contributed by atoms with Crippen LogP contribution in [0, 0.1) is 0 Å². The lowest BCUT2D eigenvalue weighted by Crippen LogP contribution is -2.51. The Kier molecular flexibility index (Phi) is 2.96. The molecular weight excluding hydrogens is 285 g/mol. The maximum Gasteiger partial charge on any atom is 0.458 e. The molecule has 0 aliphatic carbocycles. The zero-order chi connectivity index (χ0) is 15.3. The second-order valence-corrected chi connectivity index (χ2v) is 4.85. The van der Waals surface area contributed by atoms with Gasteiger partial charge in [-0.1, -0.05) is 0 Å². The number of fused-ring (bicyclic) bond motifs is 1. The van der Waals surface area contributed by atoms with Crippen LogP contribution >= 0.6 is 0 Å². The first kappa shape index (κ1) is 14.5. The second kappa shape index (κ2) is 4.07. The fraction of sp³-hybridized carbons (Fsp3) is 0.417. The highest BCUT2D eigenvalue weighted by molar-refractivity contribution is 5.98. The summed E-state index contributed by atoms with van der Waals surface area (Å²) in [5.41, 5.74) is -2.72. The van der Waals surface area contributed by atoms with Gasteiger partial charge in [0.2, 0.25) is 0 Å². The highest BCUT2D eigenvalue weighted by Gasteiger charge is 2.59. The minimum Gasteiger partial charge on any atom is -0.468 e. The molecule has 110 valence electrons. The minimum atomic E-state index is -5.73. The largest absolute Gasteiger partial charge is 0.468 e. The molecule has 0 fully saturated rings. The van der Waals surface area contributed by atoms with E-state index in [4.69, 9.17) is 4.74 Å². The third kappa shape index (κ3) is 2.30. The molecule has 0 saturated heterocycles. The van der Waals surface area contributed by atoms with Crippen molar-refractivity contribution in [2.45, 2.75) is 31.7 Å². The first-order valence-corrected chi connectivity index (χ1v) is 5.55. The molecule has 1 aliphatic rings. The number of alkyl halides is 5. The van der Waals surface area contributed by atoms with Crippen LogP contribution in [0.2, 0.25) is 0 Å². The van der Waals surface area contributed by atoms with Gasteiger partial charge in [0.1, 0.15) is 5.75 Å². The number of hydrogen-bond donors (Lipinski definition) is 1. The number of carbonyl (C=O) groups excluding carboxylic acids is 1. The van der Waals surface area contributed by atoms with Gasteiger partial charge in [0, 0.05) is 5.56 Å². The van der Waals surface area contributed by atoms with Gasteiger partial charge in [0.25, 0.3) is 5.91 Å². The van der Waals surface area contributed by atoms with E-state index in [1.807, 2.05) is 0 Å². The monoisotopic (exact) mass is 295 g/mol. The molecular formula is C12H10F5NO2. The van der Waals surface area contributed by atoms with Gasteiger partial charge in [-0.05, 0) is 32.0 Å². The number of hydrogen-bond acceptors (Lipinski definition) is 2. The molecule has 1 amide bonds. The number of benzene rings is 1. The Morgan fingerprint density at radius 2 is 1.75 bits per heavy atom. The van der Waals surface area contributed by atoms with Crippen molar-refractivity contribution in [1.29, 1.82) is 0 Å². The van der Waals surface area contributed by atoms with Gasteiger partial charge in [-0.15, -0.1) is 0 Å². The molecule has 0 bridgehead atoms. The van der Waals surface area contributed by atoms with Crippen LogP contribution in [0.4, 0.5) is 22.0 Å². The van der Waals surface area contributed by atoms with Gasteiger partial charge in [-0.2, -0.15) is 22.0 Å². The van der Waals surface area contributed by atoms with E-state index in [1.54, 1.807) is 0 Å². The number of ether oxygens (including phenoxy) is 1. The molecule has 0 radical (unpaired) electrons. The second-order valence-electron chi connectivity index (χ2n) is 4.85. The van der Waals surface area contributed by atoms with E-state index in [2.05, 4.69) is 5.32 Å². The van der Waals surface area contributed by atoms with Crippen molar-refractivity contribution >= 4 is 5.91 Å². The summed E-state index contributed by atoms with van der Waals surface area (Å²) in [5, 5.41) is 2.34. The summed E-state index contributed by atoms with van der Waals surface area (Å²) in [6.45, 7) is 3.04. The molecule has 1 N–H and O–H groups in total. The Balaban J connectivity index is 2.49. The normalized spacial score (nSPS) is 18.1. The predicted octanol–water partition coefficient (Wildman–Crippen LogP) is 3.20. The lowest BCUT2D eigenvalue weighted by Gasteiger charge is -2.33. The van der Waals surface area contributed by atoms with Crippen molar-refractivity contribution < 1.29 is 31.5 Å². The van der Waals surface area contributed by atoms with Gasteiger partial charge in [0.05, 0.1) is 5.56 Å². The van der Waals surface area contributed by atoms with Crippen molar-refractivity contribution in [3.8, 4) is 5.75 Å².